The van der Waals surface area contributed by atoms with Gasteiger partial charge in [0.2, 0.25) is 0 Å². The van der Waals surface area contributed by atoms with Gasteiger partial charge in [0.25, 0.3) is 5.78 Å². The number of nitrogens with zero attached hydrogens (tertiary/aromatic N) is 5. The predicted octanol–water partition coefficient (Wildman–Crippen LogP) is 3.31. The van der Waals surface area contributed by atoms with Crippen molar-refractivity contribution in [2.24, 2.45) is 0 Å². The molecule has 1 atom stereocenters. The molecular formula is C18H20ClN5O. The fraction of sp³-hybridized carbons (Fsp3) is 0.389. The summed E-state index contributed by atoms with van der Waals surface area (Å²) in [6.45, 7) is 4.30. The lowest BCUT2D eigenvalue weighted by Gasteiger charge is -2.35. The second kappa shape index (κ2) is 6.98. The lowest BCUT2D eigenvalue weighted by molar-refractivity contribution is 0.0394. The first-order valence-corrected chi connectivity index (χ1v) is 8.94. The molecule has 0 saturated carbocycles. The summed E-state index contributed by atoms with van der Waals surface area (Å²) in [5, 5.41) is 5.08. The van der Waals surface area contributed by atoms with Crippen LogP contribution in [0.4, 0.5) is 5.82 Å². The third-order valence-corrected chi connectivity index (χ3v) is 4.78. The largest absolute Gasteiger partial charge is 0.370 e. The molecule has 1 saturated heterocycles. The number of anilines is 1. The van der Waals surface area contributed by atoms with Crippen LogP contribution in [-0.4, -0.2) is 39.3 Å². The maximum atomic E-state index is 6.36. The number of rotatable bonds is 4. The summed E-state index contributed by atoms with van der Waals surface area (Å²) in [6, 6.07) is 9.97. The summed E-state index contributed by atoms with van der Waals surface area (Å²) >= 11 is 6.36. The molecule has 1 fully saturated rings. The summed E-state index contributed by atoms with van der Waals surface area (Å²) in [6.07, 6.45) is 3.45. The first-order chi connectivity index (χ1) is 12.3. The maximum absolute atomic E-state index is 6.36. The zero-order chi connectivity index (χ0) is 17.2. The van der Waals surface area contributed by atoms with E-state index in [-0.39, 0.29) is 6.10 Å². The molecule has 7 heteroatoms. The van der Waals surface area contributed by atoms with E-state index in [2.05, 4.69) is 33.0 Å². The van der Waals surface area contributed by atoms with E-state index in [1.807, 2.05) is 24.3 Å². The molecule has 1 aromatic carbocycles. The van der Waals surface area contributed by atoms with Crippen LogP contribution in [0.25, 0.3) is 5.78 Å². The Morgan fingerprint density at radius 1 is 1.32 bits per heavy atom. The minimum Gasteiger partial charge on any atom is -0.370 e. The third kappa shape index (κ3) is 3.19. The molecule has 0 spiro atoms. The van der Waals surface area contributed by atoms with Crippen LogP contribution in [0.5, 0.6) is 0 Å². The number of benzene rings is 1. The van der Waals surface area contributed by atoms with Crippen molar-refractivity contribution < 1.29 is 4.74 Å². The molecular weight excluding hydrogens is 338 g/mol. The van der Waals surface area contributed by atoms with Crippen molar-refractivity contribution in [2.75, 3.05) is 24.6 Å². The Morgan fingerprint density at radius 3 is 3.04 bits per heavy atom. The van der Waals surface area contributed by atoms with E-state index in [9.17, 15) is 0 Å². The van der Waals surface area contributed by atoms with Gasteiger partial charge in [0, 0.05) is 35.4 Å². The zero-order valence-electron chi connectivity index (χ0n) is 14.1. The quantitative estimate of drug-likeness (QED) is 0.717. The van der Waals surface area contributed by atoms with Gasteiger partial charge in [-0.25, -0.2) is 4.98 Å². The monoisotopic (exact) mass is 357 g/mol. The first-order valence-electron chi connectivity index (χ1n) is 8.57. The van der Waals surface area contributed by atoms with Crippen LogP contribution in [0, 0.1) is 0 Å². The molecule has 2 aromatic heterocycles. The van der Waals surface area contributed by atoms with Gasteiger partial charge in [-0.2, -0.15) is 14.6 Å². The molecule has 130 valence electrons. The highest BCUT2D eigenvalue weighted by Crippen LogP contribution is 2.30. The fourth-order valence-corrected chi connectivity index (χ4v) is 3.49. The molecule has 4 rings (SSSR count). The average Bonchev–Trinajstić information content (AvgIpc) is 3.10. The second-order valence-electron chi connectivity index (χ2n) is 6.15. The van der Waals surface area contributed by atoms with E-state index in [1.54, 1.807) is 10.8 Å². The lowest BCUT2D eigenvalue weighted by Crippen LogP contribution is -2.39. The first kappa shape index (κ1) is 16.3. The van der Waals surface area contributed by atoms with E-state index < -0.39 is 0 Å². The number of hydrogen-bond donors (Lipinski definition) is 0. The van der Waals surface area contributed by atoms with Crippen LogP contribution < -0.4 is 4.90 Å². The van der Waals surface area contributed by atoms with Crippen LogP contribution in [0.3, 0.4) is 0 Å². The average molecular weight is 358 g/mol. The summed E-state index contributed by atoms with van der Waals surface area (Å²) in [4.78, 5) is 11.1. The standard InChI is InChI=1S/C18H20ClN5O/c1-2-5-13-10-17(24-18(22-13)20-12-21-24)23-8-9-25-16(11-23)14-6-3-4-7-15(14)19/h3-4,6-7,10,12,16H,2,5,8-9,11H2,1H3/t16-/m1/s1. The highest BCUT2D eigenvalue weighted by molar-refractivity contribution is 6.31. The zero-order valence-corrected chi connectivity index (χ0v) is 14.9. The Balaban J connectivity index is 1.68. The van der Waals surface area contributed by atoms with Crippen molar-refractivity contribution in [2.45, 2.75) is 25.9 Å². The topological polar surface area (TPSA) is 55.6 Å². The highest BCUT2D eigenvalue weighted by Gasteiger charge is 2.26. The molecule has 0 amide bonds. The summed E-state index contributed by atoms with van der Waals surface area (Å²) in [5.74, 6) is 1.65. The predicted molar refractivity (Wildman–Crippen MR) is 97.1 cm³/mol. The SMILES string of the molecule is CCCc1cc(N2CCO[C@@H](c3ccccc3Cl)C2)n2ncnc2n1. The van der Waals surface area contributed by atoms with Crippen LogP contribution in [0.15, 0.2) is 36.7 Å². The van der Waals surface area contributed by atoms with Crippen LogP contribution >= 0.6 is 11.6 Å². The molecule has 1 aliphatic heterocycles. The number of ether oxygens (including phenoxy) is 1. The van der Waals surface area contributed by atoms with Crippen molar-refractivity contribution in [3.05, 3.63) is 52.9 Å². The Labute approximate surface area is 151 Å². The van der Waals surface area contributed by atoms with Gasteiger partial charge in [-0.15, -0.1) is 0 Å². The van der Waals surface area contributed by atoms with E-state index in [1.165, 1.54) is 0 Å². The molecule has 0 aliphatic carbocycles. The van der Waals surface area contributed by atoms with E-state index >= 15 is 0 Å². The number of aryl methyl sites for hydroxylation is 1. The minimum absolute atomic E-state index is 0.0659. The van der Waals surface area contributed by atoms with Crippen molar-refractivity contribution in [1.82, 2.24) is 19.6 Å². The number of fused-ring (bicyclic) bond motifs is 1. The third-order valence-electron chi connectivity index (χ3n) is 4.43. The molecule has 0 unspecified atom stereocenters. The molecule has 0 bridgehead atoms. The molecule has 3 heterocycles. The Bertz CT molecular complexity index is 881. The van der Waals surface area contributed by atoms with Gasteiger partial charge in [0.15, 0.2) is 0 Å². The van der Waals surface area contributed by atoms with Crippen molar-refractivity contribution in [1.29, 1.82) is 0 Å². The van der Waals surface area contributed by atoms with Crippen LogP contribution in [0.1, 0.15) is 30.7 Å². The number of hydrogen-bond acceptors (Lipinski definition) is 5. The normalized spacial score (nSPS) is 18.0. The molecule has 25 heavy (non-hydrogen) atoms. The van der Waals surface area contributed by atoms with Gasteiger partial charge in [0.1, 0.15) is 18.2 Å². The Morgan fingerprint density at radius 2 is 2.20 bits per heavy atom. The minimum atomic E-state index is -0.0659. The fourth-order valence-electron chi connectivity index (χ4n) is 3.24. The molecule has 6 nitrogen and oxygen atoms in total. The van der Waals surface area contributed by atoms with Gasteiger partial charge in [-0.05, 0) is 12.5 Å². The van der Waals surface area contributed by atoms with Crippen LogP contribution in [-0.2, 0) is 11.2 Å². The smallest absolute Gasteiger partial charge is 0.254 e. The number of aromatic nitrogens is 4. The molecule has 0 radical (unpaired) electrons. The Hall–Kier alpha value is -2.18. The molecule has 1 aliphatic rings. The van der Waals surface area contributed by atoms with Crippen molar-refractivity contribution >= 4 is 23.2 Å². The van der Waals surface area contributed by atoms with Crippen molar-refractivity contribution in [3.63, 3.8) is 0 Å². The summed E-state index contributed by atoms with van der Waals surface area (Å²) in [7, 11) is 0. The van der Waals surface area contributed by atoms with Gasteiger partial charge in [0.05, 0.1) is 6.61 Å². The van der Waals surface area contributed by atoms with Crippen LogP contribution in [0.2, 0.25) is 5.02 Å². The maximum Gasteiger partial charge on any atom is 0.254 e. The highest BCUT2D eigenvalue weighted by atomic mass is 35.5. The van der Waals surface area contributed by atoms with Crippen molar-refractivity contribution in [3.8, 4) is 0 Å². The molecule has 3 aromatic rings. The lowest BCUT2D eigenvalue weighted by atomic mass is 10.1. The Kier molecular flexibility index (Phi) is 4.55. The number of halogens is 1. The van der Waals surface area contributed by atoms with Gasteiger partial charge < -0.3 is 9.64 Å². The van der Waals surface area contributed by atoms with Gasteiger partial charge >= 0.3 is 0 Å². The number of morpholine rings is 1. The summed E-state index contributed by atoms with van der Waals surface area (Å²) < 4.78 is 7.78. The van der Waals surface area contributed by atoms with E-state index in [0.29, 0.717) is 18.9 Å². The second-order valence-corrected chi connectivity index (χ2v) is 6.56. The summed E-state index contributed by atoms with van der Waals surface area (Å²) in [5.41, 5.74) is 2.06. The van der Waals surface area contributed by atoms with E-state index in [4.69, 9.17) is 16.3 Å². The van der Waals surface area contributed by atoms with Gasteiger partial charge in [-0.3, -0.25) is 0 Å². The molecule has 0 N–H and O–H groups in total. The van der Waals surface area contributed by atoms with E-state index in [0.717, 1.165) is 41.5 Å². The van der Waals surface area contributed by atoms with Gasteiger partial charge in [-0.1, -0.05) is 43.1 Å².